The summed E-state index contributed by atoms with van der Waals surface area (Å²) in [7, 11) is 0. The van der Waals surface area contributed by atoms with Crippen molar-refractivity contribution in [1.29, 1.82) is 0 Å². The Hall–Kier alpha value is -4.16. The fourth-order valence-corrected chi connectivity index (χ4v) is 3.21. The van der Waals surface area contributed by atoms with Crippen LogP contribution in [0.5, 0.6) is 0 Å². The molecule has 4 aromatic carbocycles. The Labute approximate surface area is 191 Å². The van der Waals surface area contributed by atoms with Gasteiger partial charge in [-0.05, 0) is 71.9 Å². The summed E-state index contributed by atoms with van der Waals surface area (Å²) in [4.78, 5) is 12.5. The summed E-state index contributed by atoms with van der Waals surface area (Å²) in [5, 5.41) is 14.3. The number of amides is 1. The maximum atomic E-state index is 12.5. The number of hydrogen-bond donors (Lipinski definition) is 2. The van der Waals surface area contributed by atoms with E-state index in [2.05, 4.69) is 20.9 Å². The van der Waals surface area contributed by atoms with Crippen LogP contribution in [0.25, 0.3) is 11.1 Å². The van der Waals surface area contributed by atoms with Crippen LogP contribution >= 0.6 is 12.2 Å². The van der Waals surface area contributed by atoms with Gasteiger partial charge in [-0.25, -0.2) is 0 Å². The second-order valence-electron chi connectivity index (χ2n) is 6.93. The molecule has 0 aliphatic heterocycles. The lowest BCUT2D eigenvalue weighted by Crippen LogP contribution is -2.34. The van der Waals surface area contributed by atoms with Crippen molar-refractivity contribution < 1.29 is 4.79 Å². The van der Waals surface area contributed by atoms with E-state index < -0.39 is 0 Å². The maximum Gasteiger partial charge on any atom is 0.257 e. The van der Waals surface area contributed by atoms with Crippen molar-refractivity contribution in [2.24, 2.45) is 10.2 Å². The summed E-state index contributed by atoms with van der Waals surface area (Å²) < 4.78 is 0. The van der Waals surface area contributed by atoms with Gasteiger partial charge in [0.05, 0.1) is 11.4 Å². The zero-order valence-corrected chi connectivity index (χ0v) is 17.9. The summed E-state index contributed by atoms with van der Waals surface area (Å²) in [5.74, 6) is -0.268. The van der Waals surface area contributed by atoms with E-state index in [1.54, 1.807) is 12.1 Å². The number of azo groups is 1. The topological polar surface area (TPSA) is 65.8 Å². The number of nitrogens with one attached hydrogen (secondary N) is 2. The Morgan fingerprint density at radius 2 is 1.16 bits per heavy atom. The molecule has 0 aromatic heterocycles. The fourth-order valence-electron chi connectivity index (χ4n) is 3.00. The molecule has 156 valence electrons. The average molecular weight is 437 g/mol. The van der Waals surface area contributed by atoms with Crippen LogP contribution in [0.15, 0.2) is 119 Å². The summed E-state index contributed by atoms with van der Waals surface area (Å²) in [5.41, 5.74) is 4.93. The van der Waals surface area contributed by atoms with Crippen LogP contribution in [0.1, 0.15) is 10.4 Å². The highest BCUT2D eigenvalue weighted by molar-refractivity contribution is 7.80. The lowest BCUT2D eigenvalue weighted by molar-refractivity contribution is 0.0978. The van der Waals surface area contributed by atoms with E-state index in [-0.39, 0.29) is 11.0 Å². The van der Waals surface area contributed by atoms with E-state index in [0.717, 1.165) is 22.5 Å². The second kappa shape index (κ2) is 10.2. The van der Waals surface area contributed by atoms with Crippen molar-refractivity contribution in [2.45, 2.75) is 0 Å². The van der Waals surface area contributed by atoms with Crippen LogP contribution in [0, 0.1) is 0 Å². The molecule has 0 saturated heterocycles. The first-order valence-electron chi connectivity index (χ1n) is 10.0. The van der Waals surface area contributed by atoms with Crippen LogP contribution in [0.3, 0.4) is 0 Å². The highest BCUT2D eigenvalue weighted by Gasteiger charge is 2.08. The second-order valence-corrected chi connectivity index (χ2v) is 7.34. The number of rotatable bonds is 5. The minimum atomic E-state index is -0.268. The van der Waals surface area contributed by atoms with Gasteiger partial charge in [0.1, 0.15) is 0 Å². The number of benzene rings is 4. The standard InChI is InChI=1S/C26H20N4OS/c31-25(21-13-11-20(12-14-21)19-7-3-1-4-8-19)28-26(32)27-22-15-17-24(18-16-22)30-29-23-9-5-2-6-10-23/h1-18H,(H2,27,28,31,32). The van der Waals surface area contributed by atoms with Crippen LogP contribution in [-0.4, -0.2) is 11.0 Å². The highest BCUT2D eigenvalue weighted by atomic mass is 32.1. The number of carbonyl (C=O) groups is 1. The van der Waals surface area contributed by atoms with Gasteiger partial charge in [0, 0.05) is 11.3 Å². The predicted molar refractivity (Wildman–Crippen MR) is 133 cm³/mol. The van der Waals surface area contributed by atoms with E-state index in [9.17, 15) is 4.79 Å². The molecule has 0 heterocycles. The van der Waals surface area contributed by atoms with E-state index in [4.69, 9.17) is 12.2 Å². The molecule has 1 amide bonds. The number of hydrogen-bond acceptors (Lipinski definition) is 4. The fraction of sp³-hybridized carbons (Fsp3) is 0. The molecule has 0 unspecified atom stereocenters. The molecule has 0 fully saturated rings. The van der Waals surface area contributed by atoms with Crippen molar-refractivity contribution in [3.63, 3.8) is 0 Å². The predicted octanol–water partition coefficient (Wildman–Crippen LogP) is 6.90. The van der Waals surface area contributed by atoms with Gasteiger partial charge in [0.15, 0.2) is 5.11 Å². The molecule has 32 heavy (non-hydrogen) atoms. The normalized spacial score (nSPS) is 10.6. The third kappa shape index (κ3) is 5.71. The smallest absolute Gasteiger partial charge is 0.257 e. The minimum absolute atomic E-state index is 0.223. The van der Waals surface area contributed by atoms with Crippen molar-refractivity contribution in [2.75, 3.05) is 5.32 Å². The molecule has 4 rings (SSSR count). The van der Waals surface area contributed by atoms with Crippen LogP contribution in [0.2, 0.25) is 0 Å². The summed E-state index contributed by atoms with van der Waals surface area (Å²) in [6.07, 6.45) is 0. The summed E-state index contributed by atoms with van der Waals surface area (Å²) in [6.45, 7) is 0. The van der Waals surface area contributed by atoms with E-state index in [1.807, 2.05) is 97.1 Å². The van der Waals surface area contributed by atoms with Gasteiger partial charge < -0.3 is 5.32 Å². The van der Waals surface area contributed by atoms with Gasteiger partial charge in [0.25, 0.3) is 5.91 Å². The van der Waals surface area contributed by atoms with Gasteiger partial charge in [0.2, 0.25) is 0 Å². The number of nitrogens with zero attached hydrogens (tertiary/aromatic N) is 2. The number of anilines is 1. The summed E-state index contributed by atoms with van der Waals surface area (Å²) >= 11 is 5.28. The molecule has 0 spiro atoms. The first kappa shape index (κ1) is 21.1. The number of carbonyl (C=O) groups excluding carboxylic acids is 1. The molecular formula is C26H20N4OS. The van der Waals surface area contributed by atoms with E-state index in [1.165, 1.54) is 0 Å². The monoisotopic (exact) mass is 436 g/mol. The molecule has 0 atom stereocenters. The lowest BCUT2D eigenvalue weighted by atomic mass is 10.0. The molecule has 0 saturated carbocycles. The quantitative estimate of drug-likeness (QED) is 0.264. The Bertz CT molecular complexity index is 1220. The van der Waals surface area contributed by atoms with Crippen LogP contribution in [0.4, 0.5) is 17.1 Å². The zero-order valence-electron chi connectivity index (χ0n) is 17.1. The first-order valence-corrected chi connectivity index (χ1v) is 10.4. The third-order valence-corrected chi connectivity index (χ3v) is 4.85. The molecule has 0 radical (unpaired) electrons. The molecule has 0 aliphatic carbocycles. The molecule has 5 nitrogen and oxygen atoms in total. The van der Waals surface area contributed by atoms with Gasteiger partial charge in [-0.1, -0.05) is 60.7 Å². The van der Waals surface area contributed by atoms with Gasteiger partial charge in [-0.2, -0.15) is 10.2 Å². The Balaban J connectivity index is 1.32. The van der Waals surface area contributed by atoms with Crippen LogP contribution < -0.4 is 10.6 Å². The van der Waals surface area contributed by atoms with Gasteiger partial charge in [-0.15, -0.1) is 0 Å². The average Bonchev–Trinajstić information content (AvgIpc) is 2.85. The first-order chi connectivity index (χ1) is 15.7. The molecule has 6 heteroatoms. The van der Waals surface area contributed by atoms with Crippen LogP contribution in [-0.2, 0) is 0 Å². The number of thiocarbonyl (C=S) groups is 1. The lowest BCUT2D eigenvalue weighted by Gasteiger charge is -2.10. The van der Waals surface area contributed by atoms with Gasteiger partial charge in [-0.3, -0.25) is 10.1 Å². The molecule has 0 bridgehead atoms. The third-order valence-electron chi connectivity index (χ3n) is 4.64. The minimum Gasteiger partial charge on any atom is -0.332 e. The zero-order chi connectivity index (χ0) is 22.2. The van der Waals surface area contributed by atoms with E-state index in [0.29, 0.717) is 11.3 Å². The van der Waals surface area contributed by atoms with Crippen molar-refractivity contribution in [3.8, 4) is 11.1 Å². The largest absolute Gasteiger partial charge is 0.332 e. The molecule has 0 aliphatic rings. The Morgan fingerprint density at radius 1 is 0.625 bits per heavy atom. The van der Waals surface area contributed by atoms with Crippen molar-refractivity contribution >= 4 is 40.3 Å². The Morgan fingerprint density at radius 3 is 1.78 bits per heavy atom. The van der Waals surface area contributed by atoms with Crippen molar-refractivity contribution in [1.82, 2.24) is 5.32 Å². The molecule has 4 aromatic rings. The summed E-state index contributed by atoms with van der Waals surface area (Å²) in [6, 6.07) is 34.2. The highest BCUT2D eigenvalue weighted by Crippen LogP contribution is 2.21. The van der Waals surface area contributed by atoms with Crippen molar-refractivity contribution in [3.05, 3.63) is 115 Å². The maximum absolute atomic E-state index is 12.5. The SMILES string of the molecule is O=C(NC(=S)Nc1ccc(N=Nc2ccccc2)cc1)c1ccc(-c2ccccc2)cc1. The molecule has 2 N–H and O–H groups in total. The molecular weight excluding hydrogens is 416 g/mol. The van der Waals surface area contributed by atoms with Gasteiger partial charge >= 0.3 is 0 Å². The van der Waals surface area contributed by atoms with E-state index >= 15 is 0 Å². The Kier molecular flexibility index (Phi) is 6.75.